The molecular weight excluding hydrogens is 266 g/mol. The van der Waals surface area contributed by atoms with Crippen molar-refractivity contribution in [3.05, 3.63) is 39.4 Å². The fourth-order valence-electron chi connectivity index (χ4n) is 3.48. The van der Waals surface area contributed by atoms with Gasteiger partial charge in [0.25, 0.3) is 5.69 Å². The summed E-state index contributed by atoms with van der Waals surface area (Å²) in [6.07, 6.45) is 3.41. The van der Waals surface area contributed by atoms with E-state index < -0.39 is 0 Å². The third-order valence-corrected chi connectivity index (χ3v) is 5.02. The molecular formula is C17H25NO3. The lowest BCUT2D eigenvalue weighted by molar-refractivity contribution is -0.385. The van der Waals surface area contributed by atoms with Crippen LogP contribution in [0.2, 0.25) is 0 Å². The van der Waals surface area contributed by atoms with Gasteiger partial charge in [0.15, 0.2) is 0 Å². The second-order valence-electron chi connectivity index (χ2n) is 6.67. The van der Waals surface area contributed by atoms with Gasteiger partial charge in [-0.1, -0.05) is 26.0 Å². The average Bonchev–Trinajstić information content (AvgIpc) is 2.42. The monoisotopic (exact) mass is 291 g/mol. The molecule has 0 aliphatic heterocycles. The van der Waals surface area contributed by atoms with E-state index in [1.165, 1.54) is 0 Å². The van der Waals surface area contributed by atoms with Gasteiger partial charge in [-0.15, -0.1) is 0 Å². The summed E-state index contributed by atoms with van der Waals surface area (Å²) < 4.78 is 0. The highest BCUT2D eigenvalue weighted by molar-refractivity contribution is 5.44. The van der Waals surface area contributed by atoms with E-state index in [0.29, 0.717) is 11.8 Å². The van der Waals surface area contributed by atoms with E-state index in [0.717, 1.165) is 36.8 Å². The smallest absolute Gasteiger partial charge is 0.272 e. The van der Waals surface area contributed by atoms with Crippen molar-refractivity contribution in [2.75, 3.05) is 0 Å². The lowest BCUT2D eigenvalue weighted by atomic mass is 9.72. The summed E-state index contributed by atoms with van der Waals surface area (Å²) in [6, 6.07) is 5.25. The van der Waals surface area contributed by atoms with Crippen molar-refractivity contribution < 1.29 is 10.0 Å². The van der Waals surface area contributed by atoms with Gasteiger partial charge in [-0.2, -0.15) is 0 Å². The van der Waals surface area contributed by atoms with Gasteiger partial charge in [-0.25, -0.2) is 0 Å². The van der Waals surface area contributed by atoms with Crippen LogP contribution in [0.4, 0.5) is 5.69 Å². The molecule has 0 bridgehead atoms. The van der Waals surface area contributed by atoms with Crippen molar-refractivity contribution in [2.45, 2.75) is 52.6 Å². The van der Waals surface area contributed by atoms with Gasteiger partial charge in [0.1, 0.15) is 0 Å². The first-order valence-electron chi connectivity index (χ1n) is 7.81. The highest BCUT2D eigenvalue weighted by Crippen LogP contribution is 2.36. The first-order chi connectivity index (χ1) is 9.90. The SMILES string of the molecule is Cc1c(CC2CC(C(C)C)CCC2O)cccc1[N+](=O)[O-]. The van der Waals surface area contributed by atoms with Crippen LogP contribution >= 0.6 is 0 Å². The Bertz CT molecular complexity index is 513. The normalized spacial score (nSPS) is 26.0. The Labute approximate surface area is 126 Å². The average molecular weight is 291 g/mol. The maximum atomic E-state index is 11.0. The Morgan fingerprint density at radius 2 is 2.10 bits per heavy atom. The summed E-state index contributed by atoms with van der Waals surface area (Å²) in [5.74, 6) is 1.50. The van der Waals surface area contributed by atoms with E-state index >= 15 is 0 Å². The van der Waals surface area contributed by atoms with Crippen LogP contribution in [-0.2, 0) is 6.42 Å². The number of aliphatic hydroxyl groups is 1. The van der Waals surface area contributed by atoms with E-state index in [4.69, 9.17) is 0 Å². The number of hydrogen-bond donors (Lipinski definition) is 1. The van der Waals surface area contributed by atoms with Gasteiger partial charge in [-0.3, -0.25) is 10.1 Å². The maximum Gasteiger partial charge on any atom is 0.272 e. The summed E-state index contributed by atoms with van der Waals surface area (Å²) >= 11 is 0. The quantitative estimate of drug-likeness (QED) is 0.676. The highest BCUT2D eigenvalue weighted by Gasteiger charge is 2.31. The number of hydrogen-bond acceptors (Lipinski definition) is 3. The molecule has 116 valence electrons. The van der Waals surface area contributed by atoms with Gasteiger partial charge >= 0.3 is 0 Å². The van der Waals surface area contributed by atoms with Gasteiger partial charge in [0.2, 0.25) is 0 Å². The number of nitrogens with zero attached hydrogens (tertiary/aromatic N) is 1. The van der Waals surface area contributed by atoms with Crippen molar-refractivity contribution >= 4 is 5.69 Å². The summed E-state index contributed by atoms with van der Waals surface area (Å²) in [7, 11) is 0. The molecule has 1 saturated carbocycles. The number of nitro groups is 1. The van der Waals surface area contributed by atoms with E-state index in [1.54, 1.807) is 12.1 Å². The Hall–Kier alpha value is -1.42. The third kappa shape index (κ3) is 3.62. The number of nitro benzene ring substituents is 1. The van der Waals surface area contributed by atoms with E-state index in [9.17, 15) is 15.2 Å². The molecule has 0 heterocycles. The molecule has 0 aromatic heterocycles. The second kappa shape index (κ2) is 6.56. The lowest BCUT2D eigenvalue weighted by Crippen LogP contribution is -2.32. The van der Waals surface area contributed by atoms with Crippen LogP contribution in [0.25, 0.3) is 0 Å². The molecule has 1 fully saturated rings. The summed E-state index contributed by atoms with van der Waals surface area (Å²) in [5, 5.41) is 21.3. The minimum atomic E-state index is -0.326. The first-order valence-corrected chi connectivity index (χ1v) is 7.81. The molecule has 1 aromatic rings. The van der Waals surface area contributed by atoms with Crippen LogP contribution in [0, 0.1) is 34.8 Å². The molecule has 0 amide bonds. The van der Waals surface area contributed by atoms with E-state index in [-0.39, 0.29) is 22.6 Å². The van der Waals surface area contributed by atoms with Gasteiger partial charge in [0.05, 0.1) is 11.0 Å². The van der Waals surface area contributed by atoms with Gasteiger partial charge < -0.3 is 5.11 Å². The Morgan fingerprint density at radius 3 is 2.71 bits per heavy atom. The zero-order chi connectivity index (χ0) is 15.6. The van der Waals surface area contributed by atoms with Gasteiger partial charge in [-0.05, 0) is 55.9 Å². The molecule has 2 rings (SSSR count). The molecule has 4 heteroatoms. The number of aliphatic hydroxyl groups excluding tert-OH is 1. The zero-order valence-electron chi connectivity index (χ0n) is 13.1. The second-order valence-corrected chi connectivity index (χ2v) is 6.67. The Morgan fingerprint density at radius 1 is 1.38 bits per heavy atom. The lowest BCUT2D eigenvalue weighted by Gasteiger charge is -2.35. The first kappa shape index (κ1) is 16.0. The Kier molecular flexibility index (Phi) is 4.99. The molecule has 1 aliphatic rings. The molecule has 21 heavy (non-hydrogen) atoms. The van der Waals surface area contributed by atoms with Crippen LogP contribution in [0.15, 0.2) is 18.2 Å². The fourth-order valence-corrected chi connectivity index (χ4v) is 3.48. The summed E-state index contributed by atoms with van der Waals surface area (Å²) in [4.78, 5) is 10.7. The minimum Gasteiger partial charge on any atom is -0.393 e. The van der Waals surface area contributed by atoms with Gasteiger partial charge in [0, 0.05) is 11.6 Å². The highest BCUT2D eigenvalue weighted by atomic mass is 16.6. The largest absolute Gasteiger partial charge is 0.393 e. The van der Waals surface area contributed by atoms with E-state index in [2.05, 4.69) is 13.8 Å². The van der Waals surface area contributed by atoms with Crippen LogP contribution in [0.1, 0.15) is 44.2 Å². The molecule has 0 saturated heterocycles. The molecule has 0 radical (unpaired) electrons. The molecule has 4 nitrogen and oxygen atoms in total. The van der Waals surface area contributed by atoms with Crippen molar-refractivity contribution in [3.8, 4) is 0 Å². The molecule has 1 aromatic carbocycles. The van der Waals surface area contributed by atoms with Crippen LogP contribution in [0.5, 0.6) is 0 Å². The van der Waals surface area contributed by atoms with Crippen molar-refractivity contribution in [1.82, 2.24) is 0 Å². The van der Waals surface area contributed by atoms with E-state index in [1.807, 2.05) is 13.0 Å². The van der Waals surface area contributed by atoms with Crippen molar-refractivity contribution in [2.24, 2.45) is 17.8 Å². The van der Waals surface area contributed by atoms with Crippen molar-refractivity contribution in [1.29, 1.82) is 0 Å². The summed E-state index contributed by atoms with van der Waals surface area (Å²) in [5.41, 5.74) is 1.91. The minimum absolute atomic E-state index is 0.179. The van der Waals surface area contributed by atoms with Crippen LogP contribution in [0.3, 0.4) is 0 Å². The summed E-state index contributed by atoms with van der Waals surface area (Å²) in [6.45, 7) is 6.28. The fraction of sp³-hybridized carbons (Fsp3) is 0.647. The predicted molar refractivity (Wildman–Crippen MR) is 83.2 cm³/mol. The van der Waals surface area contributed by atoms with Crippen LogP contribution in [-0.4, -0.2) is 16.1 Å². The van der Waals surface area contributed by atoms with Crippen molar-refractivity contribution in [3.63, 3.8) is 0 Å². The molecule has 1 N–H and O–H groups in total. The molecule has 3 atom stereocenters. The van der Waals surface area contributed by atoms with Crippen LogP contribution < -0.4 is 0 Å². The molecule has 3 unspecified atom stereocenters. The maximum absolute atomic E-state index is 11.0. The Balaban J connectivity index is 2.17. The number of benzene rings is 1. The topological polar surface area (TPSA) is 63.4 Å². The predicted octanol–water partition coefficient (Wildman–Crippen LogP) is 3.88. The third-order valence-electron chi connectivity index (χ3n) is 5.02. The standard InChI is InChI=1S/C17H25NO3/c1-11(2)13-7-8-17(19)15(9-13)10-14-5-4-6-16(12(14)3)18(20)21/h4-6,11,13,15,17,19H,7-10H2,1-3H3. The molecule has 1 aliphatic carbocycles. The molecule has 0 spiro atoms. The zero-order valence-corrected chi connectivity index (χ0v) is 13.1. The number of rotatable bonds is 4.